The number of aromatic nitrogens is 4. The van der Waals surface area contributed by atoms with E-state index >= 15 is 0 Å². The smallest absolute Gasteiger partial charge is 0.330 e. The van der Waals surface area contributed by atoms with Crippen LogP contribution in [0, 0.1) is 0 Å². The lowest BCUT2D eigenvalue weighted by Crippen LogP contribution is -2.46. The van der Waals surface area contributed by atoms with Gasteiger partial charge in [0.2, 0.25) is 5.88 Å². The topological polar surface area (TPSA) is 136 Å². The molecule has 15 heteroatoms. The average molecular weight is 772 g/mol. The molecule has 0 radical (unpaired) electrons. The van der Waals surface area contributed by atoms with Gasteiger partial charge in [-0.05, 0) is 43.0 Å². The van der Waals surface area contributed by atoms with Gasteiger partial charge in [-0.1, -0.05) is 53.5 Å². The van der Waals surface area contributed by atoms with E-state index in [0.717, 1.165) is 53.6 Å². The molecule has 5 aromatic rings. The van der Waals surface area contributed by atoms with Crippen molar-refractivity contribution in [2.24, 2.45) is 14.1 Å². The molecule has 13 nitrogen and oxygen atoms in total. The largest absolute Gasteiger partial charge is 0.481 e. The van der Waals surface area contributed by atoms with Crippen LogP contribution in [0.1, 0.15) is 30.0 Å². The van der Waals surface area contributed by atoms with Crippen molar-refractivity contribution in [2.75, 3.05) is 52.3 Å². The number of methoxy groups -OCH3 is 2. The number of hydrogen-bond acceptors (Lipinski definition) is 9. The summed E-state index contributed by atoms with van der Waals surface area (Å²) in [6.45, 7) is 3.37. The van der Waals surface area contributed by atoms with E-state index in [1.54, 1.807) is 33.4 Å². The number of urea groups is 1. The highest BCUT2D eigenvalue weighted by Gasteiger charge is 2.49. The first-order chi connectivity index (χ1) is 26.0. The number of carbonyl (C=O) groups excluding carboxylic acids is 1. The van der Waals surface area contributed by atoms with Crippen LogP contribution in [0.2, 0.25) is 10.0 Å². The van der Waals surface area contributed by atoms with E-state index < -0.39 is 11.2 Å². The number of pyridine rings is 2. The van der Waals surface area contributed by atoms with Crippen LogP contribution in [0.3, 0.4) is 0 Å². The number of ether oxygens (including phenoxy) is 2. The number of anilines is 2. The zero-order chi connectivity index (χ0) is 37.9. The Morgan fingerprint density at radius 3 is 2.52 bits per heavy atom. The molecule has 2 N–H and O–H groups in total. The van der Waals surface area contributed by atoms with E-state index in [2.05, 4.69) is 26.6 Å². The number of benzene rings is 2. The monoisotopic (exact) mass is 770 g/mol. The Kier molecular flexibility index (Phi) is 9.37. The van der Waals surface area contributed by atoms with Crippen LogP contribution in [0.5, 0.6) is 5.88 Å². The second-order valence-corrected chi connectivity index (χ2v) is 15.0. The molecule has 2 saturated heterocycles. The molecule has 5 heterocycles. The minimum absolute atomic E-state index is 0.0315. The number of rotatable bonds is 9. The lowest BCUT2D eigenvalue weighted by atomic mass is 9.99. The summed E-state index contributed by atoms with van der Waals surface area (Å²) in [5.74, 6) is 0.844. The molecule has 0 saturated carbocycles. The third-order valence-electron chi connectivity index (χ3n) is 11.1. The molecule has 1 spiro atoms. The van der Waals surface area contributed by atoms with Crippen molar-refractivity contribution in [1.82, 2.24) is 34.2 Å². The number of likely N-dealkylation sites (tertiary alicyclic amines) is 1. The molecular weight excluding hydrogens is 731 g/mol. The quantitative estimate of drug-likeness (QED) is 0.199. The predicted octanol–water partition coefficient (Wildman–Crippen LogP) is 5.52. The van der Waals surface area contributed by atoms with E-state index in [-0.39, 0.29) is 28.8 Å². The molecule has 8 rings (SSSR count). The number of nitrogens with zero attached hydrogens (tertiary/aromatic N) is 6. The fraction of sp³-hybridized carbons (Fsp3) is 0.359. The predicted molar refractivity (Wildman–Crippen MR) is 209 cm³/mol. The summed E-state index contributed by atoms with van der Waals surface area (Å²) in [7, 11) is 6.34. The molecule has 2 unspecified atom stereocenters. The number of fused-ring (bicyclic) bond motifs is 2. The molecule has 54 heavy (non-hydrogen) atoms. The van der Waals surface area contributed by atoms with Crippen molar-refractivity contribution in [3.05, 3.63) is 96.7 Å². The lowest BCUT2D eigenvalue weighted by Gasteiger charge is -2.28. The van der Waals surface area contributed by atoms with Crippen LogP contribution in [-0.4, -0.2) is 87.5 Å². The Balaban J connectivity index is 1.09. The van der Waals surface area contributed by atoms with Gasteiger partial charge in [-0.3, -0.25) is 18.8 Å². The van der Waals surface area contributed by atoms with E-state index in [1.165, 1.54) is 17.8 Å². The molecule has 1 aliphatic carbocycles. The van der Waals surface area contributed by atoms with Gasteiger partial charge in [-0.25, -0.2) is 19.6 Å². The number of aryl methyl sites for hydroxylation is 2. The number of amides is 2. The molecule has 280 valence electrons. The highest BCUT2D eigenvalue weighted by Crippen LogP contribution is 2.47. The number of carbonyl (C=O) groups is 1. The number of halogens is 2. The van der Waals surface area contributed by atoms with Gasteiger partial charge < -0.3 is 25.0 Å². The summed E-state index contributed by atoms with van der Waals surface area (Å²) in [5, 5.41) is 7.62. The van der Waals surface area contributed by atoms with Gasteiger partial charge >= 0.3 is 11.7 Å². The fourth-order valence-corrected chi connectivity index (χ4v) is 8.93. The first-order valence-corrected chi connectivity index (χ1v) is 18.6. The molecule has 3 aromatic heterocycles. The van der Waals surface area contributed by atoms with Crippen LogP contribution >= 0.6 is 23.2 Å². The normalized spacial score (nSPS) is 19.6. The maximum Gasteiger partial charge on any atom is 0.330 e. The molecule has 3 aliphatic rings. The van der Waals surface area contributed by atoms with Gasteiger partial charge in [0, 0.05) is 81.9 Å². The third-order valence-corrected chi connectivity index (χ3v) is 11.9. The Labute approximate surface area is 321 Å². The molecule has 2 aliphatic heterocycles. The second kappa shape index (κ2) is 14.0. The molecule has 2 atom stereocenters. The summed E-state index contributed by atoms with van der Waals surface area (Å²) in [6, 6.07) is 15.1. The van der Waals surface area contributed by atoms with Crippen molar-refractivity contribution in [3.63, 3.8) is 0 Å². The molecule has 0 bridgehead atoms. The zero-order valence-electron chi connectivity index (χ0n) is 30.4. The average Bonchev–Trinajstić information content (AvgIpc) is 3.88. The van der Waals surface area contributed by atoms with E-state index in [0.29, 0.717) is 63.6 Å². The summed E-state index contributed by atoms with van der Waals surface area (Å²) in [4.78, 5) is 52.2. The Morgan fingerprint density at radius 1 is 0.981 bits per heavy atom. The third kappa shape index (κ3) is 5.99. The molecule has 2 amide bonds. The van der Waals surface area contributed by atoms with Crippen LogP contribution in [0.25, 0.3) is 33.3 Å². The van der Waals surface area contributed by atoms with Gasteiger partial charge in [0.15, 0.2) is 0 Å². The Morgan fingerprint density at radius 2 is 1.74 bits per heavy atom. The van der Waals surface area contributed by atoms with Crippen LogP contribution in [0.15, 0.2) is 64.3 Å². The second-order valence-electron chi connectivity index (χ2n) is 14.2. The molecule has 2 fully saturated rings. The highest BCUT2D eigenvalue weighted by atomic mass is 35.5. The van der Waals surface area contributed by atoms with Gasteiger partial charge in [0.1, 0.15) is 11.2 Å². The van der Waals surface area contributed by atoms with E-state index in [4.69, 9.17) is 37.7 Å². The van der Waals surface area contributed by atoms with Crippen molar-refractivity contribution in [1.29, 1.82) is 0 Å². The van der Waals surface area contributed by atoms with Crippen LogP contribution < -0.4 is 26.6 Å². The van der Waals surface area contributed by atoms with Crippen LogP contribution in [-0.2, 0) is 25.3 Å². The van der Waals surface area contributed by atoms with E-state index in [1.807, 2.05) is 35.2 Å². The standard InChI is InChI=1S/C39H40Cl2N8O5/c1-46-28-13-15-42-34(31(28)36(50)47(2)38(46)52)43-26-10-6-8-24(33(26)41)23-7-5-9-25(32(23)40)27-19-22-11-12-29(30(22)35(44-27)54-4)48-16-14-39(20-48)21-49(17-18-53-3)37(51)45-39/h5-10,13,15,19,29H,11-12,14,16-18,20-21H2,1-4H3,(H,42,43)(H,45,51). The minimum atomic E-state index is -0.466. The highest BCUT2D eigenvalue weighted by molar-refractivity contribution is 6.39. The van der Waals surface area contributed by atoms with Crippen molar-refractivity contribution < 1.29 is 14.3 Å². The summed E-state index contributed by atoms with van der Waals surface area (Å²) in [5.41, 5.74) is 4.84. The lowest BCUT2D eigenvalue weighted by molar-refractivity contribution is 0.158. The van der Waals surface area contributed by atoms with Gasteiger partial charge in [-0.15, -0.1) is 0 Å². The van der Waals surface area contributed by atoms with Crippen molar-refractivity contribution in [2.45, 2.75) is 30.8 Å². The van der Waals surface area contributed by atoms with Gasteiger partial charge in [0.05, 0.1) is 46.2 Å². The van der Waals surface area contributed by atoms with Crippen LogP contribution in [0.4, 0.5) is 16.3 Å². The zero-order valence-corrected chi connectivity index (χ0v) is 31.9. The minimum Gasteiger partial charge on any atom is -0.481 e. The summed E-state index contributed by atoms with van der Waals surface area (Å²) in [6.07, 6.45) is 4.20. The summed E-state index contributed by atoms with van der Waals surface area (Å²) < 4.78 is 13.6. The maximum absolute atomic E-state index is 13.2. The number of nitrogens with one attached hydrogen (secondary N) is 2. The first-order valence-electron chi connectivity index (χ1n) is 17.8. The first kappa shape index (κ1) is 36.0. The Hall–Kier alpha value is -4.95. The molecular formula is C39H40Cl2N8O5. The SMILES string of the molecule is COCCN1CC2(CCN(C3CCc4cc(-c5cccc(-c6cccc(Nc7nccc8c7c(=O)n(C)c(=O)n8C)c6Cl)c5Cl)nc(OC)c43)C2)NC1=O. The Bertz CT molecular complexity index is 2450. The summed E-state index contributed by atoms with van der Waals surface area (Å²) >= 11 is 14.3. The van der Waals surface area contributed by atoms with E-state index in [9.17, 15) is 14.4 Å². The fourth-order valence-electron chi connectivity index (χ4n) is 8.33. The van der Waals surface area contributed by atoms with Gasteiger partial charge in [0.25, 0.3) is 5.56 Å². The molecule has 2 aromatic carbocycles. The van der Waals surface area contributed by atoms with Crippen molar-refractivity contribution in [3.8, 4) is 28.3 Å². The van der Waals surface area contributed by atoms with Gasteiger partial charge in [-0.2, -0.15) is 0 Å². The maximum atomic E-state index is 13.2. The number of hydrogen-bond donors (Lipinski definition) is 2. The van der Waals surface area contributed by atoms with Crippen molar-refractivity contribution >= 4 is 51.6 Å².